The van der Waals surface area contributed by atoms with Crippen LogP contribution >= 0.6 is 0 Å². The lowest BCUT2D eigenvalue weighted by Crippen LogP contribution is -2.55. The zero-order valence-corrected chi connectivity index (χ0v) is 22.7. The summed E-state index contributed by atoms with van der Waals surface area (Å²) < 4.78 is 0. The lowest BCUT2D eigenvalue weighted by atomic mass is 9.80. The first-order valence-corrected chi connectivity index (χ1v) is 13.0. The standard InChI is InChI=1S/C26H43N5O6/c1-6-26(4,5)23(35)18(11-10-15-28-25(27)37)29-24(36)22(17(2)3)30-19(32)12-8-7-9-16-31-20(33)13-14-21(31)34/h13-14,17-18,22H,6-12,15-16H2,1-5H3,(H,29,36)(H,30,32)(H3,27,28,37)/t18-,22-/m0/s1. The van der Waals surface area contributed by atoms with Crippen molar-refractivity contribution in [2.45, 2.75) is 91.6 Å². The van der Waals surface area contributed by atoms with Crippen molar-refractivity contribution in [2.75, 3.05) is 13.1 Å². The summed E-state index contributed by atoms with van der Waals surface area (Å²) in [4.78, 5) is 74.1. The van der Waals surface area contributed by atoms with Gasteiger partial charge in [0.25, 0.3) is 11.8 Å². The van der Waals surface area contributed by atoms with E-state index in [1.807, 2.05) is 34.6 Å². The van der Waals surface area contributed by atoms with Crippen molar-refractivity contribution in [3.05, 3.63) is 12.2 Å². The summed E-state index contributed by atoms with van der Waals surface area (Å²) in [6.45, 7) is 9.76. The van der Waals surface area contributed by atoms with Gasteiger partial charge in [0.15, 0.2) is 5.78 Å². The zero-order valence-electron chi connectivity index (χ0n) is 22.7. The van der Waals surface area contributed by atoms with E-state index >= 15 is 0 Å². The van der Waals surface area contributed by atoms with E-state index in [-0.39, 0.29) is 42.4 Å². The predicted octanol–water partition coefficient (Wildman–Crippen LogP) is 1.55. The lowest BCUT2D eigenvalue weighted by molar-refractivity contribution is -0.137. The smallest absolute Gasteiger partial charge is 0.312 e. The van der Waals surface area contributed by atoms with Gasteiger partial charge in [-0.15, -0.1) is 0 Å². The number of hydrogen-bond donors (Lipinski definition) is 4. The van der Waals surface area contributed by atoms with Gasteiger partial charge in [-0.05, 0) is 38.0 Å². The number of carbonyl (C=O) groups excluding carboxylic acids is 6. The molecule has 0 aromatic heterocycles. The highest BCUT2D eigenvalue weighted by atomic mass is 16.2. The summed E-state index contributed by atoms with van der Waals surface area (Å²) in [5.41, 5.74) is 4.45. The van der Waals surface area contributed by atoms with Crippen LogP contribution in [0.15, 0.2) is 12.2 Å². The molecule has 2 atom stereocenters. The number of Topliss-reactive ketones (excluding diaryl/α,β-unsaturated/α-hetero) is 1. The molecule has 0 saturated carbocycles. The van der Waals surface area contributed by atoms with Crippen molar-refractivity contribution in [1.82, 2.24) is 20.9 Å². The van der Waals surface area contributed by atoms with Gasteiger partial charge in [-0.1, -0.05) is 41.0 Å². The van der Waals surface area contributed by atoms with Gasteiger partial charge in [-0.2, -0.15) is 0 Å². The third-order valence-corrected chi connectivity index (χ3v) is 6.60. The summed E-state index contributed by atoms with van der Waals surface area (Å²) in [6, 6.07) is -2.23. The molecule has 0 fully saturated rings. The second-order valence-corrected chi connectivity index (χ2v) is 10.4. The predicted molar refractivity (Wildman–Crippen MR) is 139 cm³/mol. The Hall–Kier alpha value is -3.24. The molecule has 6 amide bonds. The van der Waals surface area contributed by atoms with Crippen molar-refractivity contribution in [3.8, 4) is 0 Å². The van der Waals surface area contributed by atoms with Crippen LogP contribution in [0.25, 0.3) is 0 Å². The number of hydrogen-bond acceptors (Lipinski definition) is 6. The largest absolute Gasteiger partial charge is 0.352 e. The second-order valence-electron chi connectivity index (χ2n) is 10.4. The van der Waals surface area contributed by atoms with Crippen molar-refractivity contribution in [2.24, 2.45) is 17.1 Å². The van der Waals surface area contributed by atoms with Gasteiger partial charge in [0.2, 0.25) is 11.8 Å². The van der Waals surface area contributed by atoms with Crippen molar-refractivity contribution in [1.29, 1.82) is 0 Å². The highest BCUT2D eigenvalue weighted by Gasteiger charge is 2.35. The molecule has 11 nitrogen and oxygen atoms in total. The Bertz CT molecular complexity index is 865. The first-order valence-electron chi connectivity index (χ1n) is 13.0. The summed E-state index contributed by atoms with van der Waals surface area (Å²) >= 11 is 0. The van der Waals surface area contributed by atoms with E-state index in [2.05, 4.69) is 16.0 Å². The molecule has 208 valence electrons. The number of imide groups is 1. The van der Waals surface area contributed by atoms with Crippen LogP contribution in [0.3, 0.4) is 0 Å². The fourth-order valence-electron chi connectivity index (χ4n) is 3.86. The molecule has 1 rings (SSSR count). The maximum atomic E-state index is 13.1. The normalized spacial score (nSPS) is 15.0. The summed E-state index contributed by atoms with van der Waals surface area (Å²) in [6.07, 6.45) is 5.82. The van der Waals surface area contributed by atoms with Gasteiger partial charge in [0, 0.05) is 37.1 Å². The zero-order chi connectivity index (χ0) is 28.2. The number of amides is 6. The van der Waals surface area contributed by atoms with E-state index in [1.54, 1.807) is 0 Å². The van der Waals surface area contributed by atoms with Crippen LogP contribution in [0.4, 0.5) is 4.79 Å². The van der Waals surface area contributed by atoms with E-state index in [0.717, 1.165) is 0 Å². The lowest BCUT2D eigenvalue weighted by Gasteiger charge is -2.30. The number of nitrogens with zero attached hydrogens (tertiary/aromatic N) is 1. The molecule has 0 aromatic rings. The fourth-order valence-corrected chi connectivity index (χ4v) is 3.86. The molecule has 37 heavy (non-hydrogen) atoms. The van der Waals surface area contributed by atoms with Crippen molar-refractivity contribution in [3.63, 3.8) is 0 Å². The molecule has 1 aliphatic heterocycles. The van der Waals surface area contributed by atoms with Crippen LogP contribution in [0.2, 0.25) is 0 Å². The summed E-state index contributed by atoms with van der Waals surface area (Å²) in [7, 11) is 0. The van der Waals surface area contributed by atoms with Crippen LogP contribution in [0.1, 0.15) is 79.6 Å². The van der Waals surface area contributed by atoms with E-state index in [1.165, 1.54) is 17.1 Å². The van der Waals surface area contributed by atoms with Crippen LogP contribution in [-0.4, -0.2) is 65.5 Å². The monoisotopic (exact) mass is 521 g/mol. The maximum absolute atomic E-state index is 13.1. The number of nitrogens with one attached hydrogen (secondary N) is 3. The number of carbonyl (C=O) groups is 6. The van der Waals surface area contributed by atoms with E-state index in [9.17, 15) is 28.8 Å². The van der Waals surface area contributed by atoms with Crippen LogP contribution in [0, 0.1) is 11.3 Å². The molecular weight excluding hydrogens is 478 g/mol. The van der Waals surface area contributed by atoms with Gasteiger partial charge in [-0.3, -0.25) is 28.9 Å². The Morgan fingerprint density at radius 2 is 1.59 bits per heavy atom. The topological polar surface area (TPSA) is 168 Å². The van der Waals surface area contributed by atoms with Gasteiger partial charge in [0.05, 0.1) is 6.04 Å². The summed E-state index contributed by atoms with van der Waals surface area (Å²) in [5, 5.41) is 8.08. The Morgan fingerprint density at radius 3 is 2.14 bits per heavy atom. The van der Waals surface area contributed by atoms with Crippen LogP contribution < -0.4 is 21.7 Å². The average Bonchev–Trinajstić information content (AvgIpc) is 3.15. The van der Waals surface area contributed by atoms with Gasteiger partial charge in [0.1, 0.15) is 6.04 Å². The molecule has 11 heteroatoms. The van der Waals surface area contributed by atoms with Gasteiger partial charge < -0.3 is 21.7 Å². The molecular formula is C26H43N5O6. The number of nitrogens with two attached hydrogens (primary N) is 1. The molecule has 0 radical (unpaired) electrons. The highest BCUT2D eigenvalue weighted by Crippen LogP contribution is 2.24. The molecule has 1 aliphatic rings. The molecule has 0 aliphatic carbocycles. The maximum Gasteiger partial charge on any atom is 0.312 e. The summed E-state index contributed by atoms with van der Waals surface area (Å²) in [5.74, 6) is -1.69. The van der Waals surface area contributed by atoms with Crippen LogP contribution in [0.5, 0.6) is 0 Å². The average molecular weight is 522 g/mol. The van der Waals surface area contributed by atoms with E-state index < -0.39 is 29.4 Å². The first kappa shape index (κ1) is 31.8. The number of urea groups is 1. The minimum absolute atomic E-state index is 0.110. The minimum Gasteiger partial charge on any atom is -0.352 e. The Labute approximate surface area is 219 Å². The number of ketones is 1. The Kier molecular flexibility index (Phi) is 13.0. The SMILES string of the molecule is CCC(C)(C)C(=O)[C@H](CCCNC(N)=O)NC(=O)[C@@H](NC(=O)CCCCCN1C(=O)C=CC1=O)C(C)C. The third-order valence-electron chi connectivity index (χ3n) is 6.60. The fraction of sp³-hybridized carbons (Fsp3) is 0.692. The molecule has 0 aromatic carbocycles. The number of primary amides is 1. The molecule has 0 unspecified atom stereocenters. The molecule has 0 spiro atoms. The van der Waals surface area contributed by atoms with Crippen LogP contribution in [-0.2, 0) is 24.0 Å². The second kappa shape index (κ2) is 15.1. The van der Waals surface area contributed by atoms with E-state index in [4.69, 9.17) is 5.73 Å². The Balaban J connectivity index is 2.64. The van der Waals surface area contributed by atoms with Crippen molar-refractivity contribution >= 4 is 35.4 Å². The number of unbranched alkanes of at least 4 members (excludes halogenated alkanes) is 2. The van der Waals surface area contributed by atoms with Crippen molar-refractivity contribution < 1.29 is 28.8 Å². The first-order chi connectivity index (χ1) is 17.3. The molecule has 0 bridgehead atoms. The Morgan fingerprint density at radius 1 is 0.973 bits per heavy atom. The van der Waals surface area contributed by atoms with Gasteiger partial charge in [-0.25, -0.2) is 4.79 Å². The quantitative estimate of drug-likeness (QED) is 0.167. The minimum atomic E-state index is -0.817. The van der Waals surface area contributed by atoms with Gasteiger partial charge >= 0.3 is 6.03 Å². The molecule has 0 saturated heterocycles. The highest BCUT2D eigenvalue weighted by molar-refractivity contribution is 6.12. The number of rotatable bonds is 17. The molecule has 1 heterocycles. The van der Waals surface area contributed by atoms with E-state index in [0.29, 0.717) is 45.1 Å². The molecule has 5 N–H and O–H groups in total. The third kappa shape index (κ3) is 10.7.